The molecule has 0 fully saturated rings. The summed E-state index contributed by atoms with van der Waals surface area (Å²) >= 11 is 0. The number of aromatic hydroxyl groups is 1. The van der Waals surface area contributed by atoms with Gasteiger partial charge in [0.25, 0.3) is 0 Å². The van der Waals surface area contributed by atoms with Crippen molar-refractivity contribution < 1.29 is 33.7 Å². The van der Waals surface area contributed by atoms with Gasteiger partial charge in [0.05, 0.1) is 18.4 Å². The first kappa shape index (κ1) is 28.0. The number of benzene rings is 3. The summed E-state index contributed by atoms with van der Waals surface area (Å²) in [4.78, 5) is 37.3. The maximum atomic E-state index is 13.2. The van der Waals surface area contributed by atoms with Gasteiger partial charge in [-0.3, -0.25) is 4.79 Å². The van der Waals surface area contributed by atoms with E-state index in [4.69, 9.17) is 9.47 Å². The normalized spacial score (nSPS) is 11.7. The topological polar surface area (TPSA) is 123 Å². The minimum Gasteiger partial charge on any atom is -0.506 e. The molecule has 0 radical (unpaired) electrons. The van der Waals surface area contributed by atoms with Crippen molar-refractivity contribution in [2.24, 2.45) is 0 Å². The van der Waals surface area contributed by atoms with Gasteiger partial charge < -0.3 is 30.0 Å². The molecular weight excluding hydrogens is 488 g/mol. The maximum Gasteiger partial charge on any atom is 0.408 e. The van der Waals surface area contributed by atoms with Crippen molar-refractivity contribution in [2.75, 3.05) is 12.4 Å². The molecule has 0 saturated carbocycles. The third-order valence-corrected chi connectivity index (χ3v) is 5.30. The summed E-state index contributed by atoms with van der Waals surface area (Å²) in [6.07, 6.45) is -0.615. The number of phenolic OH excluding ortho intramolecular Hbond substituents is 1. The summed E-state index contributed by atoms with van der Waals surface area (Å²) in [5.74, 6) is -0.869. The Morgan fingerprint density at radius 2 is 1.61 bits per heavy atom. The van der Waals surface area contributed by atoms with Crippen molar-refractivity contribution in [1.29, 1.82) is 0 Å². The summed E-state index contributed by atoms with van der Waals surface area (Å²) in [5, 5.41) is 15.5. The van der Waals surface area contributed by atoms with E-state index in [-0.39, 0.29) is 23.4 Å². The molecule has 1 unspecified atom stereocenters. The third kappa shape index (κ3) is 8.55. The average Bonchev–Trinajstić information content (AvgIpc) is 2.88. The second kappa shape index (κ2) is 12.6. The maximum absolute atomic E-state index is 13.2. The number of nitrogens with one attached hydrogen (secondary N) is 2. The van der Waals surface area contributed by atoms with Crippen LogP contribution in [0.5, 0.6) is 11.5 Å². The fourth-order valence-electron chi connectivity index (χ4n) is 3.46. The van der Waals surface area contributed by atoms with Gasteiger partial charge >= 0.3 is 12.1 Å². The predicted octanol–water partition coefficient (Wildman–Crippen LogP) is 4.83. The molecule has 3 N–H and O–H groups in total. The molecule has 0 aliphatic rings. The lowest BCUT2D eigenvalue weighted by Gasteiger charge is -2.23. The van der Waals surface area contributed by atoms with Gasteiger partial charge in [0.2, 0.25) is 5.91 Å². The van der Waals surface area contributed by atoms with Gasteiger partial charge in [0, 0.05) is 6.42 Å². The monoisotopic (exact) mass is 520 g/mol. The molecule has 38 heavy (non-hydrogen) atoms. The van der Waals surface area contributed by atoms with Crippen LogP contribution in [0, 0.1) is 0 Å². The summed E-state index contributed by atoms with van der Waals surface area (Å²) in [7, 11) is 1.23. The number of anilines is 1. The number of ether oxygens (including phenoxy) is 3. The molecule has 3 aromatic rings. The molecule has 1 atom stereocenters. The lowest BCUT2D eigenvalue weighted by molar-refractivity contribution is -0.118. The molecule has 0 saturated heterocycles. The Bertz CT molecular complexity index is 1250. The molecule has 3 aromatic carbocycles. The number of alkyl carbamates (subject to hydrolysis) is 1. The average molecular weight is 521 g/mol. The van der Waals surface area contributed by atoms with E-state index in [1.807, 2.05) is 30.3 Å². The van der Waals surface area contributed by atoms with E-state index in [0.717, 1.165) is 11.1 Å². The summed E-state index contributed by atoms with van der Waals surface area (Å²) in [6, 6.07) is 19.9. The molecule has 200 valence electrons. The number of esters is 1. The van der Waals surface area contributed by atoms with Crippen LogP contribution in [0.25, 0.3) is 0 Å². The van der Waals surface area contributed by atoms with E-state index < -0.39 is 29.6 Å². The zero-order valence-corrected chi connectivity index (χ0v) is 21.8. The number of amides is 2. The van der Waals surface area contributed by atoms with Crippen molar-refractivity contribution in [3.8, 4) is 11.5 Å². The van der Waals surface area contributed by atoms with Crippen molar-refractivity contribution in [2.45, 2.75) is 45.4 Å². The number of carbonyl (C=O) groups is 3. The first-order valence-electron chi connectivity index (χ1n) is 12.0. The van der Waals surface area contributed by atoms with Crippen molar-refractivity contribution in [3.05, 3.63) is 89.5 Å². The van der Waals surface area contributed by atoms with Crippen LogP contribution in [0.3, 0.4) is 0 Å². The van der Waals surface area contributed by atoms with Gasteiger partial charge in [-0.2, -0.15) is 0 Å². The third-order valence-electron chi connectivity index (χ3n) is 5.30. The van der Waals surface area contributed by atoms with Crippen LogP contribution in [0.1, 0.15) is 42.3 Å². The molecule has 0 bridgehead atoms. The highest BCUT2D eigenvalue weighted by molar-refractivity contribution is 5.99. The highest BCUT2D eigenvalue weighted by atomic mass is 16.6. The Morgan fingerprint density at radius 1 is 0.921 bits per heavy atom. The van der Waals surface area contributed by atoms with E-state index in [2.05, 4.69) is 15.4 Å². The van der Waals surface area contributed by atoms with Crippen molar-refractivity contribution in [1.82, 2.24) is 5.32 Å². The van der Waals surface area contributed by atoms with Gasteiger partial charge in [-0.25, -0.2) is 9.59 Å². The Kier molecular flexibility index (Phi) is 9.32. The van der Waals surface area contributed by atoms with E-state index in [1.54, 1.807) is 45.0 Å². The van der Waals surface area contributed by atoms with Crippen LogP contribution in [-0.4, -0.2) is 41.8 Å². The summed E-state index contributed by atoms with van der Waals surface area (Å²) in [6.45, 7) is 5.58. The van der Waals surface area contributed by atoms with Crippen LogP contribution in [-0.2, 0) is 27.3 Å². The number of phenols is 1. The Hall–Kier alpha value is -4.53. The molecule has 0 aromatic heterocycles. The predicted molar refractivity (Wildman–Crippen MR) is 142 cm³/mol. The molecular formula is C29H32N2O7. The highest BCUT2D eigenvalue weighted by Crippen LogP contribution is 2.25. The number of hydrogen-bond acceptors (Lipinski definition) is 7. The molecule has 9 heteroatoms. The standard InChI is InChI=1S/C29H32N2O7/c1-29(2,3)38-28(35)31-24(26(33)30-23-15-12-21(17-25(23)32)27(34)36-4)16-19-10-13-22(14-11-19)37-18-20-8-6-5-7-9-20/h5-15,17,24,32H,16,18H2,1-4H3,(H,30,33)(H,31,35). The van der Waals surface area contributed by atoms with Crippen molar-refractivity contribution in [3.63, 3.8) is 0 Å². The lowest BCUT2D eigenvalue weighted by Crippen LogP contribution is -2.47. The van der Waals surface area contributed by atoms with Gasteiger partial charge in [-0.15, -0.1) is 0 Å². The van der Waals surface area contributed by atoms with Gasteiger partial charge in [0.15, 0.2) is 0 Å². The molecule has 3 rings (SSSR count). The Morgan fingerprint density at radius 3 is 2.21 bits per heavy atom. The molecule has 0 spiro atoms. The minimum atomic E-state index is -1.03. The highest BCUT2D eigenvalue weighted by Gasteiger charge is 2.25. The largest absolute Gasteiger partial charge is 0.506 e. The fourth-order valence-corrected chi connectivity index (χ4v) is 3.46. The van der Waals surface area contributed by atoms with E-state index in [0.29, 0.717) is 12.4 Å². The van der Waals surface area contributed by atoms with Crippen LogP contribution in [0.2, 0.25) is 0 Å². The second-order valence-electron chi connectivity index (χ2n) is 9.53. The smallest absolute Gasteiger partial charge is 0.408 e. The zero-order chi connectivity index (χ0) is 27.7. The SMILES string of the molecule is COC(=O)c1ccc(NC(=O)C(Cc2ccc(OCc3ccccc3)cc2)NC(=O)OC(C)(C)C)c(O)c1. The second-order valence-corrected chi connectivity index (χ2v) is 9.53. The quantitative estimate of drug-likeness (QED) is 0.273. The van der Waals surface area contributed by atoms with E-state index >= 15 is 0 Å². The Labute approximate surface area is 221 Å². The zero-order valence-electron chi connectivity index (χ0n) is 21.8. The van der Waals surface area contributed by atoms with E-state index in [1.165, 1.54) is 25.3 Å². The summed E-state index contributed by atoms with van der Waals surface area (Å²) in [5.41, 5.74) is 1.24. The van der Waals surface area contributed by atoms with Crippen LogP contribution in [0.15, 0.2) is 72.8 Å². The Balaban J connectivity index is 1.72. The minimum absolute atomic E-state index is 0.0725. The van der Waals surface area contributed by atoms with Gasteiger partial charge in [-0.1, -0.05) is 42.5 Å². The molecule has 0 heterocycles. The number of hydrogen-bond donors (Lipinski definition) is 3. The lowest BCUT2D eigenvalue weighted by atomic mass is 10.0. The van der Waals surface area contributed by atoms with Crippen LogP contribution in [0.4, 0.5) is 10.5 Å². The van der Waals surface area contributed by atoms with Gasteiger partial charge in [-0.05, 0) is 62.2 Å². The first-order valence-corrected chi connectivity index (χ1v) is 12.0. The summed E-state index contributed by atoms with van der Waals surface area (Å²) < 4.78 is 15.8. The number of rotatable bonds is 9. The van der Waals surface area contributed by atoms with Crippen LogP contribution < -0.4 is 15.4 Å². The van der Waals surface area contributed by atoms with Crippen molar-refractivity contribution >= 4 is 23.7 Å². The van der Waals surface area contributed by atoms with E-state index in [9.17, 15) is 19.5 Å². The molecule has 9 nitrogen and oxygen atoms in total. The molecule has 2 amide bonds. The molecule has 0 aliphatic carbocycles. The van der Waals surface area contributed by atoms with Gasteiger partial charge in [0.1, 0.15) is 29.7 Å². The fraction of sp³-hybridized carbons (Fsp3) is 0.276. The molecule has 0 aliphatic heterocycles. The number of carbonyl (C=O) groups excluding carboxylic acids is 3. The first-order chi connectivity index (χ1) is 18.0. The van der Waals surface area contributed by atoms with Crippen LogP contribution >= 0.6 is 0 Å². The number of methoxy groups -OCH3 is 1.